The second kappa shape index (κ2) is 3.99. The summed E-state index contributed by atoms with van der Waals surface area (Å²) in [6.07, 6.45) is 1.53. The number of nitriles is 1. The van der Waals surface area contributed by atoms with Crippen LogP contribution in [0.15, 0.2) is 30.5 Å². The van der Waals surface area contributed by atoms with E-state index in [0.29, 0.717) is 11.3 Å². The Morgan fingerprint density at radius 1 is 1.44 bits per heavy atom. The standard InChI is InChI=1S/C12H9N3O/c1-8(16)15-11-2-3-12-10(5-11)4-9(6-13)7-14-12/h2-5,7H,1H3,(H,15,16). The lowest BCUT2D eigenvalue weighted by Gasteiger charge is -2.03. The predicted octanol–water partition coefficient (Wildman–Crippen LogP) is 2.06. The third kappa shape index (κ3) is 1.98. The van der Waals surface area contributed by atoms with Gasteiger partial charge in [0.2, 0.25) is 5.91 Å². The van der Waals surface area contributed by atoms with Crippen molar-refractivity contribution in [3.05, 3.63) is 36.0 Å². The lowest BCUT2D eigenvalue weighted by atomic mass is 10.1. The van der Waals surface area contributed by atoms with Crippen molar-refractivity contribution in [3.8, 4) is 6.07 Å². The van der Waals surface area contributed by atoms with Crippen LogP contribution < -0.4 is 5.32 Å². The molecule has 0 aliphatic carbocycles. The lowest BCUT2D eigenvalue weighted by Crippen LogP contribution is -2.05. The molecule has 0 spiro atoms. The number of nitrogens with zero attached hydrogens (tertiary/aromatic N) is 2. The van der Waals surface area contributed by atoms with Gasteiger partial charge in [-0.15, -0.1) is 0 Å². The lowest BCUT2D eigenvalue weighted by molar-refractivity contribution is -0.114. The Labute approximate surface area is 92.5 Å². The van der Waals surface area contributed by atoms with Crippen molar-refractivity contribution < 1.29 is 4.79 Å². The molecular weight excluding hydrogens is 202 g/mol. The van der Waals surface area contributed by atoms with E-state index in [-0.39, 0.29) is 5.91 Å². The highest BCUT2D eigenvalue weighted by Crippen LogP contribution is 2.18. The van der Waals surface area contributed by atoms with Crippen LogP contribution in [-0.2, 0) is 4.79 Å². The van der Waals surface area contributed by atoms with Gasteiger partial charge in [-0.25, -0.2) is 0 Å². The van der Waals surface area contributed by atoms with E-state index in [1.807, 2.05) is 12.1 Å². The first kappa shape index (κ1) is 10.1. The fourth-order valence-electron chi connectivity index (χ4n) is 1.47. The molecule has 4 nitrogen and oxygen atoms in total. The second-order valence-corrected chi connectivity index (χ2v) is 3.42. The number of fused-ring (bicyclic) bond motifs is 1. The summed E-state index contributed by atoms with van der Waals surface area (Å²) in [7, 11) is 0. The van der Waals surface area contributed by atoms with Gasteiger partial charge in [0.05, 0.1) is 11.1 Å². The zero-order valence-electron chi connectivity index (χ0n) is 8.69. The molecule has 2 aromatic rings. The minimum Gasteiger partial charge on any atom is -0.326 e. The van der Waals surface area contributed by atoms with Gasteiger partial charge in [-0.1, -0.05) is 0 Å². The van der Waals surface area contributed by atoms with Crippen LogP contribution >= 0.6 is 0 Å². The highest BCUT2D eigenvalue weighted by molar-refractivity contribution is 5.92. The second-order valence-electron chi connectivity index (χ2n) is 3.42. The monoisotopic (exact) mass is 211 g/mol. The van der Waals surface area contributed by atoms with Crippen LogP contribution in [0.3, 0.4) is 0 Å². The molecule has 78 valence electrons. The van der Waals surface area contributed by atoms with E-state index in [9.17, 15) is 4.79 Å². The normalized spacial score (nSPS) is 9.75. The van der Waals surface area contributed by atoms with Gasteiger partial charge >= 0.3 is 0 Å². The fraction of sp³-hybridized carbons (Fsp3) is 0.0833. The third-order valence-corrected chi connectivity index (χ3v) is 2.13. The highest BCUT2D eigenvalue weighted by Gasteiger charge is 2.00. The number of rotatable bonds is 1. The summed E-state index contributed by atoms with van der Waals surface area (Å²) in [4.78, 5) is 15.0. The number of hydrogen-bond donors (Lipinski definition) is 1. The maximum atomic E-state index is 10.9. The summed E-state index contributed by atoms with van der Waals surface area (Å²) >= 11 is 0. The predicted molar refractivity (Wildman–Crippen MR) is 60.8 cm³/mol. The molecule has 16 heavy (non-hydrogen) atoms. The average molecular weight is 211 g/mol. The molecule has 1 N–H and O–H groups in total. The number of pyridine rings is 1. The topological polar surface area (TPSA) is 65.8 Å². The Morgan fingerprint density at radius 2 is 2.25 bits per heavy atom. The van der Waals surface area contributed by atoms with Crippen molar-refractivity contribution in [2.75, 3.05) is 5.32 Å². The van der Waals surface area contributed by atoms with Gasteiger partial charge in [0, 0.05) is 24.2 Å². The van der Waals surface area contributed by atoms with Crippen molar-refractivity contribution in [1.29, 1.82) is 5.26 Å². The van der Waals surface area contributed by atoms with E-state index >= 15 is 0 Å². The summed E-state index contributed by atoms with van der Waals surface area (Å²) in [6.45, 7) is 1.45. The molecular formula is C12H9N3O. The van der Waals surface area contributed by atoms with Gasteiger partial charge < -0.3 is 5.32 Å². The van der Waals surface area contributed by atoms with Crippen LogP contribution in [0.2, 0.25) is 0 Å². The summed E-state index contributed by atoms with van der Waals surface area (Å²) < 4.78 is 0. The van der Waals surface area contributed by atoms with Gasteiger partial charge in [-0.2, -0.15) is 5.26 Å². The van der Waals surface area contributed by atoms with E-state index in [1.54, 1.807) is 18.2 Å². The minimum absolute atomic E-state index is 0.122. The quantitative estimate of drug-likeness (QED) is 0.785. The van der Waals surface area contributed by atoms with Crippen molar-refractivity contribution >= 4 is 22.5 Å². The van der Waals surface area contributed by atoms with Crippen molar-refractivity contribution in [1.82, 2.24) is 4.98 Å². The molecule has 0 unspecified atom stereocenters. The largest absolute Gasteiger partial charge is 0.326 e. The molecule has 0 saturated heterocycles. The average Bonchev–Trinajstić information content (AvgIpc) is 2.27. The molecule has 0 saturated carbocycles. The van der Waals surface area contributed by atoms with Crippen LogP contribution in [0.5, 0.6) is 0 Å². The Bertz CT molecular complexity index is 599. The Balaban J connectivity index is 2.51. The Kier molecular flexibility index (Phi) is 2.52. The molecule has 2 rings (SSSR count). The van der Waals surface area contributed by atoms with E-state index < -0.39 is 0 Å². The molecule has 0 atom stereocenters. The minimum atomic E-state index is -0.122. The number of aromatic nitrogens is 1. The Morgan fingerprint density at radius 3 is 2.94 bits per heavy atom. The molecule has 0 radical (unpaired) electrons. The van der Waals surface area contributed by atoms with E-state index in [0.717, 1.165) is 10.9 Å². The first-order chi connectivity index (χ1) is 7.69. The number of amides is 1. The number of nitrogens with one attached hydrogen (secondary N) is 1. The smallest absolute Gasteiger partial charge is 0.221 e. The van der Waals surface area contributed by atoms with Gasteiger partial charge in [-0.05, 0) is 24.3 Å². The molecule has 0 fully saturated rings. The zero-order chi connectivity index (χ0) is 11.5. The number of anilines is 1. The molecule has 1 amide bonds. The van der Waals surface area contributed by atoms with Crippen molar-refractivity contribution in [3.63, 3.8) is 0 Å². The third-order valence-electron chi connectivity index (χ3n) is 2.13. The molecule has 1 aromatic heterocycles. The number of carbonyl (C=O) groups excluding carboxylic acids is 1. The zero-order valence-corrected chi connectivity index (χ0v) is 8.69. The van der Waals surface area contributed by atoms with Crippen molar-refractivity contribution in [2.45, 2.75) is 6.92 Å². The van der Waals surface area contributed by atoms with Crippen LogP contribution in [-0.4, -0.2) is 10.9 Å². The van der Waals surface area contributed by atoms with E-state index in [4.69, 9.17) is 5.26 Å². The summed E-state index contributed by atoms with van der Waals surface area (Å²) in [5, 5.41) is 12.3. The van der Waals surface area contributed by atoms with Crippen LogP contribution in [0, 0.1) is 11.3 Å². The van der Waals surface area contributed by atoms with Crippen LogP contribution in [0.1, 0.15) is 12.5 Å². The molecule has 1 heterocycles. The van der Waals surface area contributed by atoms with Crippen molar-refractivity contribution in [2.24, 2.45) is 0 Å². The summed E-state index contributed by atoms with van der Waals surface area (Å²) in [5.74, 6) is -0.122. The first-order valence-corrected chi connectivity index (χ1v) is 4.76. The maximum absolute atomic E-state index is 10.9. The maximum Gasteiger partial charge on any atom is 0.221 e. The van der Waals surface area contributed by atoms with Gasteiger partial charge in [0.1, 0.15) is 6.07 Å². The molecule has 1 aromatic carbocycles. The Hall–Kier alpha value is -2.41. The first-order valence-electron chi connectivity index (χ1n) is 4.76. The van der Waals surface area contributed by atoms with Crippen LogP contribution in [0.4, 0.5) is 5.69 Å². The number of carbonyl (C=O) groups is 1. The summed E-state index contributed by atoms with van der Waals surface area (Å²) in [5.41, 5.74) is 2.01. The van der Waals surface area contributed by atoms with E-state index in [1.165, 1.54) is 13.1 Å². The molecule has 4 heteroatoms. The number of hydrogen-bond acceptors (Lipinski definition) is 3. The van der Waals surface area contributed by atoms with Gasteiger partial charge in [0.25, 0.3) is 0 Å². The SMILES string of the molecule is CC(=O)Nc1ccc2ncc(C#N)cc2c1. The highest BCUT2D eigenvalue weighted by atomic mass is 16.1. The molecule has 0 aliphatic rings. The van der Waals surface area contributed by atoms with E-state index in [2.05, 4.69) is 10.3 Å². The fourth-order valence-corrected chi connectivity index (χ4v) is 1.47. The number of benzene rings is 1. The van der Waals surface area contributed by atoms with Crippen LogP contribution in [0.25, 0.3) is 10.9 Å². The summed E-state index contributed by atoms with van der Waals surface area (Å²) in [6, 6.07) is 9.16. The molecule has 0 bridgehead atoms. The van der Waals surface area contributed by atoms with Gasteiger partial charge in [0.15, 0.2) is 0 Å². The van der Waals surface area contributed by atoms with Gasteiger partial charge in [-0.3, -0.25) is 9.78 Å². The molecule has 0 aliphatic heterocycles.